The minimum absolute atomic E-state index is 0. The Kier molecular flexibility index (Phi) is 10.5. The van der Waals surface area contributed by atoms with E-state index in [0.717, 1.165) is 0 Å². The number of hydrogen-bond acceptors (Lipinski definition) is 0. The van der Waals surface area contributed by atoms with Crippen LogP contribution in [0.1, 0.15) is 105 Å². The topological polar surface area (TPSA) is 0 Å². The molecule has 0 radical (unpaired) electrons. The average Bonchev–Trinajstić information content (AvgIpc) is 3.60. The molecule has 6 aromatic rings. The Labute approximate surface area is 304 Å². The molecule has 6 rings (SSSR count). The van der Waals surface area contributed by atoms with Crippen molar-refractivity contribution in [2.75, 3.05) is 0 Å². The SMILES string of the molecule is CC(C)(C)c1cc(-c2cc3ccccc3[cH-]2)cc(C(C)(C)C)c1.CC(C)(C)c1cc(-c2cc3ccccc3[cH-]2)cc(C(C)(C)C)c1.[Hf]. The summed E-state index contributed by atoms with van der Waals surface area (Å²) in [6.07, 6.45) is 0. The second kappa shape index (κ2) is 13.5. The van der Waals surface area contributed by atoms with Gasteiger partial charge < -0.3 is 0 Å². The van der Waals surface area contributed by atoms with Gasteiger partial charge in [-0.2, -0.15) is 0 Å². The van der Waals surface area contributed by atoms with Gasteiger partial charge in [-0.1, -0.05) is 167 Å². The van der Waals surface area contributed by atoms with Gasteiger partial charge in [-0.3, -0.25) is 0 Å². The van der Waals surface area contributed by atoms with Gasteiger partial charge in [0.1, 0.15) is 0 Å². The van der Waals surface area contributed by atoms with Crippen LogP contribution in [0, 0.1) is 0 Å². The molecule has 1 heteroatoms. The summed E-state index contributed by atoms with van der Waals surface area (Å²) in [4.78, 5) is 0. The molecule has 0 heterocycles. The van der Waals surface area contributed by atoms with Crippen molar-refractivity contribution in [3.05, 3.63) is 131 Å². The molecule has 47 heavy (non-hydrogen) atoms. The summed E-state index contributed by atoms with van der Waals surface area (Å²) in [5, 5.41) is 5.28. The van der Waals surface area contributed by atoms with Gasteiger partial charge in [-0.15, -0.1) is 69.1 Å². The first-order chi connectivity index (χ1) is 21.3. The minimum atomic E-state index is 0. The van der Waals surface area contributed by atoms with Crippen molar-refractivity contribution in [1.82, 2.24) is 0 Å². The maximum Gasteiger partial charge on any atom is 0 e. The van der Waals surface area contributed by atoms with E-state index in [4.69, 9.17) is 0 Å². The predicted octanol–water partition coefficient (Wildman–Crippen LogP) is 13.6. The molecule has 0 saturated carbocycles. The normalized spacial score (nSPS) is 12.5. The minimum Gasteiger partial charge on any atom is -0.145 e. The van der Waals surface area contributed by atoms with Crippen LogP contribution in [0.3, 0.4) is 0 Å². The molecule has 0 bridgehead atoms. The summed E-state index contributed by atoms with van der Waals surface area (Å²) >= 11 is 0. The zero-order valence-electron chi connectivity index (χ0n) is 30.9. The maximum atomic E-state index is 2.38. The van der Waals surface area contributed by atoms with Crippen LogP contribution in [0.4, 0.5) is 0 Å². The van der Waals surface area contributed by atoms with E-state index in [1.165, 1.54) is 66.1 Å². The summed E-state index contributed by atoms with van der Waals surface area (Å²) in [7, 11) is 0. The summed E-state index contributed by atoms with van der Waals surface area (Å²) in [6.45, 7) is 27.5. The number of rotatable bonds is 2. The van der Waals surface area contributed by atoms with Gasteiger partial charge in [-0.05, 0) is 43.9 Å². The molecule has 0 spiro atoms. The smallest absolute Gasteiger partial charge is 0 e. The van der Waals surface area contributed by atoms with Crippen molar-refractivity contribution in [2.45, 2.75) is 105 Å². The first-order valence-electron chi connectivity index (χ1n) is 16.9. The van der Waals surface area contributed by atoms with E-state index in [1.54, 1.807) is 0 Å². The van der Waals surface area contributed by atoms with Crippen LogP contribution in [-0.2, 0) is 47.5 Å². The van der Waals surface area contributed by atoms with Gasteiger partial charge in [0.25, 0.3) is 0 Å². The zero-order chi connectivity index (χ0) is 33.7. The molecule has 0 aliphatic heterocycles. The average molecular weight is 785 g/mol. The van der Waals surface area contributed by atoms with Gasteiger partial charge in [0, 0.05) is 25.8 Å². The third-order valence-corrected chi connectivity index (χ3v) is 9.23. The van der Waals surface area contributed by atoms with Crippen LogP contribution >= 0.6 is 0 Å². The van der Waals surface area contributed by atoms with E-state index in [9.17, 15) is 0 Å². The number of fused-ring (bicyclic) bond motifs is 2. The molecular weight excluding hydrogens is 731 g/mol. The first-order valence-corrected chi connectivity index (χ1v) is 16.9. The second-order valence-corrected chi connectivity index (χ2v) is 17.3. The van der Waals surface area contributed by atoms with Crippen molar-refractivity contribution in [2.24, 2.45) is 0 Å². The van der Waals surface area contributed by atoms with Crippen LogP contribution in [-0.4, -0.2) is 0 Å². The van der Waals surface area contributed by atoms with E-state index in [0.29, 0.717) is 0 Å². The maximum absolute atomic E-state index is 2.38. The molecule has 0 aromatic heterocycles. The van der Waals surface area contributed by atoms with E-state index in [1.807, 2.05) is 0 Å². The Balaban J connectivity index is 0.000000208. The third-order valence-electron chi connectivity index (χ3n) is 9.23. The fourth-order valence-electron chi connectivity index (χ4n) is 5.95. The molecule has 0 unspecified atom stereocenters. The Hall–Kier alpha value is -3.03. The molecule has 0 fully saturated rings. The van der Waals surface area contributed by atoms with E-state index in [-0.39, 0.29) is 47.5 Å². The largest absolute Gasteiger partial charge is 0.145 e. The van der Waals surface area contributed by atoms with Gasteiger partial charge >= 0.3 is 0 Å². The molecule has 0 aliphatic rings. The fraction of sp³-hybridized carbons (Fsp3) is 0.348. The monoisotopic (exact) mass is 786 g/mol. The van der Waals surface area contributed by atoms with Crippen molar-refractivity contribution in [3.63, 3.8) is 0 Å². The standard InChI is InChI=1S/2C23H27.Hf/c2*1-22(2,3)20-13-19(14-21(15-20)23(4,5)6)18-11-16-9-7-8-10-17(16)12-18;/h2*7-15H,1-6H3;/q2*-1;. The molecule has 0 N–H and O–H groups in total. The van der Waals surface area contributed by atoms with Gasteiger partial charge in [-0.25, -0.2) is 0 Å². The van der Waals surface area contributed by atoms with Crippen molar-refractivity contribution in [3.8, 4) is 22.3 Å². The summed E-state index contributed by atoms with van der Waals surface area (Å²) < 4.78 is 0. The molecule has 6 aromatic carbocycles. The quantitative estimate of drug-likeness (QED) is 0.121. The van der Waals surface area contributed by atoms with Crippen molar-refractivity contribution >= 4 is 21.5 Å². The Morgan fingerprint density at radius 3 is 0.894 bits per heavy atom. The molecular formula is C46H54Hf-2. The van der Waals surface area contributed by atoms with Crippen LogP contribution in [0.15, 0.2) is 109 Å². The van der Waals surface area contributed by atoms with Crippen LogP contribution in [0.25, 0.3) is 43.8 Å². The summed E-state index contributed by atoms with van der Waals surface area (Å²) in [5.41, 5.74) is 11.6. The van der Waals surface area contributed by atoms with Gasteiger partial charge in [0.15, 0.2) is 0 Å². The molecule has 244 valence electrons. The molecule has 0 aliphatic carbocycles. The number of benzene rings is 4. The van der Waals surface area contributed by atoms with Crippen LogP contribution < -0.4 is 0 Å². The van der Waals surface area contributed by atoms with Gasteiger partial charge in [0.05, 0.1) is 0 Å². The summed E-state index contributed by atoms with van der Waals surface area (Å²) in [5.74, 6) is 0. The van der Waals surface area contributed by atoms with E-state index >= 15 is 0 Å². The van der Waals surface area contributed by atoms with Crippen LogP contribution in [0.5, 0.6) is 0 Å². The van der Waals surface area contributed by atoms with Crippen molar-refractivity contribution in [1.29, 1.82) is 0 Å². The Morgan fingerprint density at radius 1 is 0.362 bits per heavy atom. The second-order valence-electron chi connectivity index (χ2n) is 17.3. The Morgan fingerprint density at radius 2 is 0.638 bits per heavy atom. The van der Waals surface area contributed by atoms with Gasteiger partial charge in [0.2, 0.25) is 0 Å². The van der Waals surface area contributed by atoms with E-state index < -0.39 is 0 Å². The molecule has 0 saturated heterocycles. The number of hydrogen-bond donors (Lipinski definition) is 0. The Bertz CT molecular complexity index is 1690. The molecule has 0 nitrogen and oxygen atoms in total. The van der Waals surface area contributed by atoms with Crippen molar-refractivity contribution < 1.29 is 25.8 Å². The summed E-state index contributed by atoms with van der Waals surface area (Å²) in [6, 6.07) is 40.7. The van der Waals surface area contributed by atoms with E-state index in [2.05, 4.69) is 192 Å². The first kappa shape index (κ1) is 36.8. The zero-order valence-corrected chi connectivity index (χ0v) is 34.5. The third kappa shape index (κ3) is 8.72. The fourth-order valence-corrected chi connectivity index (χ4v) is 5.95. The van der Waals surface area contributed by atoms with Crippen LogP contribution in [0.2, 0.25) is 0 Å². The predicted molar refractivity (Wildman–Crippen MR) is 205 cm³/mol. The molecule has 0 atom stereocenters. The molecule has 0 amide bonds.